The summed E-state index contributed by atoms with van der Waals surface area (Å²) in [6, 6.07) is 0.182. The van der Waals surface area contributed by atoms with Gasteiger partial charge in [-0.05, 0) is 19.1 Å². The summed E-state index contributed by atoms with van der Waals surface area (Å²) in [4.78, 5) is 3.24. The van der Waals surface area contributed by atoms with Crippen LogP contribution in [0.25, 0.3) is 0 Å². The van der Waals surface area contributed by atoms with Gasteiger partial charge in [-0.3, -0.25) is 0 Å². The predicted octanol–water partition coefficient (Wildman–Crippen LogP) is 2.60. The van der Waals surface area contributed by atoms with Crippen molar-refractivity contribution in [2.24, 2.45) is 0 Å². The molecule has 4 nitrogen and oxygen atoms in total. The number of halogens is 3. The second-order valence-electron chi connectivity index (χ2n) is 3.91. The van der Waals surface area contributed by atoms with E-state index in [-0.39, 0.29) is 0 Å². The average Bonchev–Trinajstić information content (AvgIpc) is 2.88. The lowest BCUT2D eigenvalue weighted by Crippen LogP contribution is -2.27. The number of sulfonamides is 1. The van der Waals surface area contributed by atoms with E-state index in [2.05, 4.69) is 9.71 Å². The van der Waals surface area contributed by atoms with Crippen LogP contribution in [0, 0.1) is 17.5 Å². The van der Waals surface area contributed by atoms with Crippen molar-refractivity contribution < 1.29 is 21.6 Å². The van der Waals surface area contributed by atoms with Crippen LogP contribution in [-0.2, 0) is 10.0 Å². The van der Waals surface area contributed by atoms with Crippen LogP contribution in [-0.4, -0.2) is 13.4 Å². The Hall–Kier alpha value is -1.45. The zero-order chi connectivity index (χ0) is 14.9. The topological polar surface area (TPSA) is 59.1 Å². The van der Waals surface area contributed by atoms with Crippen molar-refractivity contribution in [2.45, 2.75) is 17.9 Å². The second-order valence-corrected chi connectivity index (χ2v) is 6.55. The van der Waals surface area contributed by atoms with E-state index >= 15 is 0 Å². The average molecular weight is 322 g/mol. The fraction of sp³-hybridized carbons (Fsp3) is 0.182. The van der Waals surface area contributed by atoms with Gasteiger partial charge in [0.1, 0.15) is 5.01 Å². The van der Waals surface area contributed by atoms with E-state index in [4.69, 9.17) is 0 Å². The van der Waals surface area contributed by atoms with E-state index in [9.17, 15) is 21.6 Å². The van der Waals surface area contributed by atoms with Crippen molar-refractivity contribution in [1.82, 2.24) is 9.71 Å². The smallest absolute Gasteiger partial charge is 0.241 e. The first-order chi connectivity index (χ1) is 9.31. The molecular formula is C11H9F3N2O2S2. The molecule has 0 fully saturated rings. The molecule has 1 aromatic carbocycles. The minimum absolute atomic E-state index is 0.426. The van der Waals surface area contributed by atoms with Gasteiger partial charge in [0.05, 0.1) is 10.9 Å². The van der Waals surface area contributed by atoms with Crippen LogP contribution in [0.5, 0.6) is 0 Å². The minimum Gasteiger partial charge on any atom is -0.248 e. The molecular weight excluding hydrogens is 313 g/mol. The lowest BCUT2D eigenvalue weighted by molar-refractivity contribution is 0.442. The zero-order valence-electron chi connectivity index (χ0n) is 10.1. The maximum absolute atomic E-state index is 13.1. The van der Waals surface area contributed by atoms with Crippen molar-refractivity contribution in [2.75, 3.05) is 0 Å². The summed E-state index contributed by atoms with van der Waals surface area (Å²) >= 11 is 1.23. The quantitative estimate of drug-likeness (QED) is 0.880. The van der Waals surface area contributed by atoms with Gasteiger partial charge in [0.15, 0.2) is 17.5 Å². The second kappa shape index (κ2) is 5.51. The third kappa shape index (κ3) is 3.00. The Morgan fingerprint density at radius 3 is 2.35 bits per heavy atom. The molecule has 0 saturated heterocycles. The third-order valence-electron chi connectivity index (χ3n) is 2.42. The molecule has 2 rings (SSSR count). The Labute approximate surface area is 117 Å². The molecule has 1 aromatic heterocycles. The third-order valence-corrected chi connectivity index (χ3v) is 4.90. The molecule has 1 N–H and O–H groups in total. The van der Waals surface area contributed by atoms with Gasteiger partial charge >= 0.3 is 0 Å². The fourth-order valence-electron chi connectivity index (χ4n) is 1.49. The molecule has 20 heavy (non-hydrogen) atoms. The number of hydrogen-bond donors (Lipinski definition) is 1. The number of hydrogen-bond acceptors (Lipinski definition) is 4. The van der Waals surface area contributed by atoms with E-state index < -0.39 is 38.4 Å². The Morgan fingerprint density at radius 2 is 1.85 bits per heavy atom. The van der Waals surface area contributed by atoms with Gasteiger partial charge in [0, 0.05) is 11.6 Å². The van der Waals surface area contributed by atoms with Gasteiger partial charge in [0.25, 0.3) is 0 Å². The largest absolute Gasteiger partial charge is 0.248 e. The van der Waals surface area contributed by atoms with Gasteiger partial charge in [0.2, 0.25) is 10.0 Å². The Morgan fingerprint density at radius 1 is 1.25 bits per heavy atom. The van der Waals surface area contributed by atoms with Gasteiger partial charge in [-0.15, -0.1) is 11.3 Å². The van der Waals surface area contributed by atoms with E-state index in [0.717, 1.165) is 0 Å². The van der Waals surface area contributed by atoms with Crippen LogP contribution < -0.4 is 4.72 Å². The SMILES string of the molecule is C[C@@H](NS(=O)(=O)c1cc(F)c(F)c(F)c1)c1nccs1. The molecule has 0 amide bonds. The Kier molecular flexibility index (Phi) is 4.11. The Bertz CT molecular complexity index is 694. The minimum atomic E-state index is -4.18. The molecule has 0 spiro atoms. The molecule has 1 heterocycles. The van der Waals surface area contributed by atoms with Crippen molar-refractivity contribution >= 4 is 21.4 Å². The summed E-state index contributed by atoms with van der Waals surface area (Å²) in [7, 11) is -4.18. The lowest BCUT2D eigenvalue weighted by Gasteiger charge is -2.12. The number of nitrogens with zero attached hydrogens (tertiary/aromatic N) is 1. The van der Waals surface area contributed by atoms with E-state index in [1.54, 1.807) is 5.38 Å². The van der Waals surface area contributed by atoms with Crippen LogP contribution in [0.2, 0.25) is 0 Å². The van der Waals surface area contributed by atoms with Crippen LogP contribution in [0.1, 0.15) is 18.0 Å². The van der Waals surface area contributed by atoms with Crippen LogP contribution >= 0.6 is 11.3 Å². The molecule has 0 aliphatic rings. The van der Waals surface area contributed by atoms with E-state index in [1.807, 2.05) is 0 Å². The molecule has 0 aliphatic heterocycles. The number of thiazole rings is 1. The van der Waals surface area contributed by atoms with Crippen LogP contribution in [0.15, 0.2) is 28.6 Å². The van der Waals surface area contributed by atoms with Crippen LogP contribution in [0.4, 0.5) is 13.2 Å². The number of benzene rings is 1. The van der Waals surface area contributed by atoms with Crippen LogP contribution in [0.3, 0.4) is 0 Å². The summed E-state index contributed by atoms with van der Waals surface area (Å²) in [6.45, 7) is 1.53. The van der Waals surface area contributed by atoms with E-state index in [0.29, 0.717) is 17.1 Å². The summed E-state index contributed by atoms with van der Waals surface area (Å²) < 4.78 is 65.1. The standard InChI is InChI=1S/C11H9F3N2O2S2/c1-6(11-15-2-3-19-11)16-20(17,18)7-4-8(12)10(14)9(13)5-7/h2-6,16H,1H3/t6-/m1/s1. The van der Waals surface area contributed by atoms with E-state index in [1.165, 1.54) is 24.5 Å². The highest BCUT2D eigenvalue weighted by atomic mass is 32.2. The first-order valence-corrected chi connectivity index (χ1v) is 7.74. The van der Waals surface area contributed by atoms with Crippen molar-refractivity contribution in [1.29, 1.82) is 0 Å². The Balaban J connectivity index is 2.31. The molecule has 0 radical (unpaired) electrons. The molecule has 9 heteroatoms. The van der Waals surface area contributed by atoms with Gasteiger partial charge in [-0.2, -0.15) is 0 Å². The first kappa shape index (κ1) is 14.9. The first-order valence-electron chi connectivity index (χ1n) is 5.37. The summed E-state index contributed by atoms with van der Waals surface area (Å²) in [5.41, 5.74) is 0. The molecule has 0 unspecified atom stereocenters. The highest BCUT2D eigenvalue weighted by Gasteiger charge is 2.23. The maximum Gasteiger partial charge on any atom is 0.241 e. The molecule has 0 aliphatic carbocycles. The molecule has 108 valence electrons. The number of nitrogens with one attached hydrogen (secondary N) is 1. The summed E-state index contributed by atoms with van der Waals surface area (Å²) in [5, 5.41) is 2.16. The van der Waals surface area contributed by atoms with Crippen molar-refractivity contribution in [3.63, 3.8) is 0 Å². The van der Waals surface area contributed by atoms with Gasteiger partial charge in [-0.25, -0.2) is 31.3 Å². The number of aromatic nitrogens is 1. The lowest BCUT2D eigenvalue weighted by atomic mass is 10.3. The van der Waals surface area contributed by atoms with Crippen molar-refractivity contribution in [3.8, 4) is 0 Å². The van der Waals surface area contributed by atoms with Gasteiger partial charge < -0.3 is 0 Å². The monoisotopic (exact) mass is 322 g/mol. The van der Waals surface area contributed by atoms with Gasteiger partial charge in [-0.1, -0.05) is 0 Å². The predicted molar refractivity (Wildman–Crippen MR) is 67.2 cm³/mol. The molecule has 0 saturated carbocycles. The highest BCUT2D eigenvalue weighted by molar-refractivity contribution is 7.89. The summed E-state index contributed by atoms with van der Waals surface area (Å²) in [5.74, 6) is -4.84. The van der Waals surface area contributed by atoms with Crippen molar-refractivity contribution in [3.05, 3.63) is 46.2 Å². The normalized spacial score (nSPS) is 13.4. The number of rotatable bonds is 4. The highest BCUT2D eigenvalue weighted by Crippen LogP contribution is 2.21. The fourth-order valence-corrected chi connectivity index (χ4v) is 3.44. The molecule has 0 bridgehead atoms. The molecule has 2 aromatic rings. The zero-order valence-corrected chi connectivity index (χ0v) is 11.7. The molecule has 1 atom stereocenters. The summed E-state index contributed by atoms with van der Waals surface area (Å²) in [6.07, 6.45) is 1.50. The maximum atomic E-state index is 13.1.